The minimum atomic E-state index is -4.40. The number of alkyl halides is 3. The maximum atomic E-state index is 12.5. The summed E-state index contributed by atoms with van der Waals surface area (Å²) in [6.07, 6.45) is 1.28. The van der Waals surface area contributed by atoms with E-state index in [1.807, 2.05) is 38.9 Å². The number of nitrogens with one attached hydrogen (secondary N) is 1. The van der Waals surface area contributed by atoms with Crippen LogP contribution in [0.5, 0.6) is 0 Å². The van der Waals surface area contributed by atoms with Crippen molar-refractivity contribution in [1.82, 2.24) is 34.6 Å². The Morgan fingerprint density at radius 2 is 2.03 bits per heavy atom. The average Bonchev–Trinajstić information content (AvgIpc) is 3.19. The van der Waals surface area contributed by atoms with E-state index in [1.54, 1.807) is 22.0 Å². The van der Waals surface area contributed by atoms with Crippen LogP contribution in [0, 0.1) is 6.92 Å². The third-order valence-electron chi connectivity index (χ3n) is 5.34. The first kappa shape index (κ1) is 25.3. The Bertz CT molecular complexity index is 1290. The number of fused-ring (bicyclic) bond motifs is 1. The molecule has 1 aliphatic heterocycles. The molecule has 0 unspecified atom stereocenters. The van der Waals surface area contributed by atoms with E-state index in [1.165, 1.54) is 6.33 Å². The van der Waals surface area contributed by atoms with Crippen LogP contribution in [0.25, 0.3) is 11.0 Å². The van der Waals surface area contributed by atoms with Gasteiger partial charge in [-0.2, -0.15) is 23.3 Å². The fraction of sp³-hybridized carbons (Fsp3) is 0.455. The first-order chi connectivity index (χ1) is 17.1. The lowest BCUT2D eigenvalue weighted by atomic mass is 10.2. The van der Waals surface area contributed by atoms with Gasteiger partial charge in [-0.25, -0.2) is 19.9 Å². The summed E-state index contributed by atoms with van der Waals surface area (Å²) >= 11 is 0. The number of ether oxygens (including phenoxy) is 1. The second kappa shape index (κ2) is 10.4. The normalized spacial score (nSPS) is 13.9. The molecule has 0 saturated heterocycles. The van der Waals surface area contributed by atoms with Crippen molar-refractivity contribution in [3.8, 4) is 0 Å². The number of hydrogen-bond acceptors (Lipinski definition) is 10. The first-order valence-corrected chi connectivity index (χ1v) is 11.3. The molecule has 4 rings (SSSR count). The third-order valence-corrected chi connectivity index (χ3v) is 5.34. The Morgan fingerprint density at radius 3 is 2.69 bits per heavy atom. The van der Waals surface area contributed by atoms with Crippen molar-refractivity contribution in [2.75, 3.05) is 44.1 Å². The predicted molar refractivity (Wildman–Crippen MR) is 129 cm³/mol. The Balaban J connectivity index is 1.75. The molecule has 11 nitrogen and oxygen atoms in total. The minimum absolute atomic E-state index is 0.0877. The number of aliphatic imine (C=N–C) groups is 1. The van der Waals surface area contributed by atoms with Crippen LogP contribution in [-0.4, -0.2) is 81.0 Å². The molecule has 1 N–H and O–H groups in total. The summed E-state index contributed by atoms with van der Waals surface area (Å²) in [5.74, 6) is 1.97. The summed E-state index contributed by atoms with van der Waals surface area (Å²) in [7, 11) is 3.74. The average molecular weight is 505 g/mol. The Kier molecular flexibility index (Phi) is 7.33. The number of likely N-dealkylation sites (N-methyl/N-ethyl adjacent to an activating group) is 1. The molecule has 0 amide bonds. The molecule has 0 saturated carbocycles. The van der Waals surface area contributed by atoms with E-state index in [0.29, 0.717) is 53.1 Å². The Morgan fingerprint density at radius 1 is 1.22 bits per heavy atom. The predicted octanol–water partition coefficient (Wildman–Crippen LogP) is 3.06. The molecule has 3 aromatic heterocycles. The minimum Gasteiger partial charge on any atom is -0.370 e. The van der Waals surface area contributed by atoms with Crippen LogP contribution in [0.3, 0.4) is 0 Å². The van der Waals surface area contributed by atoms with Crippen molar-refractivity contribution in [2.45, 2.75) is 33.0 Å². The molecule has 192 valence electrons. The van der Waals surface area contributed by atoms with Gasteiger partial charge in [0.15, 0.2) is 5.82 Å². The Hall–Kier alpha value is -3.81. The fourth-order valence-corrected chi connectivity index (χ4v) is 3.56. The molecule has 0 bridgehead atoms. The Labute approximate surface area is 205 Å². The molecule has 36 heavy (non-hydrogen) atoms. The van der Waals surface area contributed by atoms with Crippen LogP contribution in [-0.2, 0) is 17.7 Å². The van der Waals surface area contributed by atoms with Gasteiger partial charge in [0, 0.05) is 32.4 Å². The molecule has 4 heterocycles. The molecular weight excluding hydrogens is 477 g/mol. The van der Waals surface area contributed by atoms with Gasteiger partial charge in [-0.05, 0) is 19.4 Å². The lowest BCUT2D eigenvalue weighted by molar-refractivity contribution is -0.174. The fourth-order valence-electron chi connectivity index (χ4n) is 3.56. The molecule has 0 atom stereocenters. The highest BCUT2D eigenvalue weighted by atomic mass is 19.4. The number of hydrogen-bond donors (Lipinski definition) is 1. The van der Waals surface area contributed by atoms with Crippen molar-refractivity contribution in [1.29, 1.82) is 0 Å². The van der Waals surface area contributed by atoms with Crippen LogP contribution in [0.1, 0.15) is 18.3 Å². The molecule has 0 aromatic carbocycles. The lowest BCUT2D eigenvalue weighted by Gasteiger charge is -2.23. The van der Waals surface area contributed by atoms with Crippen LogP contribution in [0.2, 0.25) is 0 Å². The quantitative estimate of drug-likeness (QED) is 0.440. The van der Waals surface area contributed by atoms with Crippen LogP contribution in [0.15, 0.2) is 29.3 Å². The summed E-state index contributed by atoms with van der Waals surface area (Å²) < 4.78 is 43.9. The van der Waals surface area contributed by atoms with Gasteiger partial charge < -0.3 is 15.0 Å². The van der Waals surface area contributed by atoms with Crippen LogP contribution < -0.4 is 10.2 Å². The largest absolute Gasteiger partial charge is 0.411 e. The first-order valence-electron chi connectivity index (χ1n) is 11.3. The highest BCUT2D eigenvalue weighted by molar-refractivity contribution is 5.90. The number of nitrogens with zero attached hydrogens (tertiary/aromatic N) is 9. The highest BCUT2D eigenvalue weighted by Crippen LogP contribution is 2.29. The van der Waals surface area contributed by atoms with Crippen molar-refractivity contribution in [3.05, 3.63) is 35.7 Å². The SMILES string of the molecule is CCc1nn(CCOCC(F)(F)F)c2c(Nc3cc(C)ncn3)nc(N(C)C3=CCN(C)C=N3)nc12. The summed E-state index contributed by atoms with van der Waals surface area (Å²) in [5, 5.41) is 7.80. The van der Waals surface area contributed by atoms with Gasteiger partial charge in [-0.1, -0.05) is 6.92 Å². The molecule has 1 aliphatic rings. The van der Waals surface area contributed by atoms with Crippen LogP contribution >= 0.6 is 0 Å². The second-order valence-corrected chi connectivity index (χ2v) is 8.24. The molecule has 14 heteroatoms. The number of anilines is 3. The lowest BCUT2D eigenvalue weighted by Crippen LogP contribution is -2.26. The van der Waals surface area contributed by atoms with Gasteiger partial charge in [0.05, 0.1) is 25.2 Å². The van der Waals surface area contributed by atoms with E-state index < -0.39 is 12.8 Å². The maximum absolute atomic E-state index is 12.5. The highest BCUT2D eigenvalue weighted by Gasteiger charge is 2.27. The van der Waals surface area contributed by atoms with Crippen molar-refractivity contribution < 1.29 is 17.9 Å². The van der Waals surface area contributed by atoms with Gasteiger partial charge >= 0.3 is 6.18 Å². The van der Waals surface area contributed by atoms with Crippen molar-refractivity contribution in [3.63, 3.8) is 0 Å². The summed E-state index contributed by atoms with van der Waals surface area (Å²) in [6.45, 7) is 3.04. The van der Waals surface area contributed by atoms with Gasteiger partial charge in [-0.15, -0.1) is 0 Å². The smallest absolute Gasteiger partial charge is 0.370 e. The summed E-state index contributed by atoms with van der Waals surface area (Å²) in [4.78, 5) is 26.0. The van der Waals surface area contributed by atoms with E-state index in [2.05, 4.69) is 25.4 Å². The second-order valence-electron chi connectivity index (χ2n) is 8.24. The van der Waals surface area contributed by atoms with E-state index >= 15 is 0 Å². The number of rotatable bonds is 9. The van der Waals surface area contributed by atoms with E-state index in [-0.39, 0.29) is 13.2 Å². The summed E-state index contributed by atoms with van der Waals surface area (Å²) in [6, 6.07) is 1.76. The third kappa shape index (κ3) is 5.87. The molecule has 0 fully saturated rings. The van der Waals surface area contributed by atoms with Gasteiger partial charge in [0.2, 0.25) is 5.95 Å². The summed E-state index contributed by atoms with van der Waals surface area (Å²) in [5.41, 5.74) is 2.55. The van der Waals surface area contributed by atoms with E-state index in [0.717, 1.165) is 5.69 Å². The van der Waals surface area contributed by atoms with Gasteiger partial charge in [0.25, 0.3) is 0 Å². The molecular formula is C22H27F3N10O. The van der Waals surface area contributed by atoms with E-state index in [4.69, 9.17) is 14.7 Å². The van der Waals surface area contributed by atoms with Crippen LogP contribution in [0.4, 0.5) is 30.8 Å². The number of aryl methyl sites for hydroxylation is 2. The van der Waals surface area contributed by atoms with Gasteiger partial charge in [0.1, 0.15) is 35.6 Å². The topological polar surface area (TPSA) is 109 Å². The van der Waals surface area contributed by atoms with Gasteiger partial charge in [-0.3, -0.25) is 9.58 Å². The molecule has 0 spiro atoms. The monoisotopic (exact) mass is 504 g/mol. The number of halogens is 3. The van der Waals surface area contributed by atoms with Crippen molar-refractivity contribution >= 4 is 35.0 Å². The number of aromatic nitrogens is 6. The van der Waals surface area contributed by atoms with Crippen molar-refractivity contribution in [2.24, 2.45) is 4.99 Å². The standard InChI is InChI=1S/C22H27F3N10O/c1-5-15-18-19(35(32-15)8-9-36-11-22(23,24)25)20(29-16-10-14(2)26-12-27-16)31-21(30-18)34(4)17-6-7-33(3)13-28-17/h6,10,12-13H,5,7-9,11H2,1-4H3,(H,26,27,29,30,31). The zero-order chi connectivity index (χ0) is 25.9. The molecule has 0 radical (unpaired) electrons. The zero-order valence-corrected chi connectivity index (χ0v) is 20.4. The zero-order valence-electron chi connectivity index (χ0n) is 20.4. The van der Waals surface area contributed by atoms with E-state index in [9.17, 15) is 13.2 Å². The molecule has 0 aliphatic carbocycles. The maximum Gasteiger partial charge on any atom is 0.411 e. The molecule has 3 aromatic rings.